The average Bonchev–Trinajstić information content (AvgIpc) is 2.84. The second-order valence-electron chi connectivity index (χ2n) is 9.53. The minimum Gasteiger partial charge on any atom is -0.481 e. The zero-order chi connectivity index (χ0) is 24.3. The number of rotatable bonds is 7. The maximum atomic E-state index is 12.2. The molecule has 1 aliphatic rings. The third-order valence-electron chi connectivity index (χ3n) is 5.06. The Hall–Kier alpha value is -2.23. The number of carboxylic acids is 1. The van der Waals surface area contributed by atoms with E-state index in [0.29, 0.717) is 16.1 Å². The van der Waals surface area contributed by atoms with Crippen LogP contribution in [0.5, 0.6) is 5.75 Å². The molecule has 2 N–H and O–H groups in total. The first-order valence-electron chi connectivity index (χ1n) is 10.3. The third kappa shape index (κ3) is 7.15. The van der Waals surface area contributed by atoms with Crippen LogP contribution in [0, 0.1) is 0 Å². The third-order valence-corrected chi connectivity index (χ3v) is 5.29. The summed E-state index contributed by atoms with van der Waals surface area (Å²) in [6.07, 6.45) is 1.14. The van der Waals surface area contributed by atoms with Crippen molar-refractivity contribution in [1.29, 1.82) is 0 Å². The first kappa shape index (κ1) is 26.0. The van der Waals surface area contributed by atoms with Crippen molar-refractivity contribution < 1.29 is 33.5 Å². The summed E-state index contributed by atoms with van der Waals surface area (Å²) in [5.41, 5.74) is -0.675. The number of carbonyl (C=O) groups excluding carboxylic acids is 1. The van der Waals surface area contributed by atoms with E-state index in [4.69, 9.17) is 35.5 Å². The van der Waals surface area contributed by atoms with Crippen molar-refractivity contribution in [3.8, 4) is 5.75 Å². The van der Waals surface area contributed by atoms with E-state index in [1.807, 2.05) is 27.7 Å². The number of benzene rings is 1. The number of carboxylic acid groups (broad SMARTS) is 1. The predicted octanol–water partition coefficient (Wildman–Crippen LogP) is 4.34. The fourth-order valence-corrected chi connectivity index (χ4v) is 2.94. The molecule has 176 valence electrons. The van der Waals surface area contributed by atoms with E-state index in [1.165, 1.54) is 6.07 Å². The lowest BCUT2D eigenvalue weighted by molar-refractivity contribution is -0.139. The molecule has 0 saturated carbocycles. The first-order valence-corrected chi connectivity index (χ1v) is 10.6. The standard InChI is InChI=1S/C22H31BClNO7/c1-20(2,3)30-19(28)25-12-15(23-31-21(4,5)22(6,7)32-23)10-14-8-9-16(24)11-17(14)29-13-18(26)27/h8-11H,12-13H2,1-7H3,(H,25,28)(H,26,27). The molecule has 1 amide bonds. The van der Waals surface area contributed by atoms with Crippen molar-refractivity contribution in [2.75, 3.05) is 13.2 Å². The van der Waals surface area contributed by atoms with Gasteiger partial charge in [-0.2, -0.15) is 0 Å². The second kappa shape index (κ2) is 9.73. The van der Waals surface area contributed by atoms with Gasteiger partial charge in [0.25, 0.3) is 0 Å². The Morgan fingerprint density at radius 3 is 2.31 bits per heavy atom. The van der Waals surface area contributed by atoms with Crippen molar-refractivity contribution in [1.82, 2.24) is 5.32 Å². The highest BCUT2D eigenvalue weighted by Gasteiger charge is 2.52. The van der Waals surface area contributed by atoms with Gasteiger partial charge in [-0.1, -0.05) is 17.7 Å². The van der Waals surface area contributed by atoms with Gasteiger partial charge < -0.3 is 29.2 Å². The van der Waals surface area contributed by atoms with Gasteiger partial charge in [0.1, 0.15) is 11.4 Å². The number of halogens is 1. The van der Waals surface area contributed by atoms with Crippen LogP contribution < -0.4 is 10.1 Å². The van der Waals surface area contributed by atoms with Crippen LogP contribution in [0.3, 0.4) is 0 Å². The molecule has 0 radical (unpaired) electrons. The molecule has 1 aliphatic heterocycles. The smallest absolute Gasteiger partial charge is 0.481 e. The number of nitrogens with one attached hydrogen (secondary N) is 1. The molecule has 1 fully saturated rings. The molecule has 1 saturated heterocycles. The van der Waals surface area contributed by atoms with Gasteiger partial charge >= 0.3 is 19.2 Å². The Bertz CT molecular complexity index is 877. The lowest BCUT2D eigenvalue weighted by Gasteiger charge is -2.32. The molecule has 2 rings (SSSR count). The number of hydrogen-bond donors (Lipinski definition) is 2. The van der Waals surface area contributed by atoms with Gasteiger partial charge in [-0.25, -0.2) is 9.59 Å². The van der Waals surface area contributed by atoms with Crippen LogP contribution in [0.1, 0.15) is 54.0 Å². The largest absolute Gasteiger partial charge is 0.492 e. The van der Waals surface area contributed by atoms with E-state index in [2.05, 4.69) is 5.32 Å². The van der Waals surface area contributed by atoms with Crippen LogP contribution >= 0.6 is 11.6 Å². The van der Waals surface area contributed by atoms with Gasteiger partial charge in [-0.05, 0) is 72.1 Å². The number of hydrogen-bond acceptors (Lipinski definition) is 6. The van der Waals surface area contributed by atoms with Crippen LogP contribution in [0.2, 0.25) is 5.02 Å². The summed E-state index contributed by atoms with van der Waals surface area (Å²) in [4.78, 5) is 23.2. The second-order valence-corrected chi connectivity index (χ2v) is 9.96. The number of carbonyl (C=O) groups is 2. The zero-order valence-electron chi connectivity index (χ0n) is 19.6. The molecular formula is C22H31BClNO7. The van der Waals surface area contributed by atoms with Crippen LogP contribution in [0.25, 0.3) is 6.08 Å². The zero-order valence-corrected chi connectivity index (χ0v) is 20.3. The summed E-state index contributed by atoms with van der Waals surface area (Å²) in [5, 5.41) is 12.1. The Balaban J connectivity index is 2.37. The fourth-order valence-electron chi connectivity index (χ4n) is 2.78. The summed E-state index contributed by atoms with van der Waals surface area (Å²) in [6, 6.07) is 4.88. The van der Waals surface area contributed by atoms with Gasteiger partial charge in [0, 0.05) is 17.1 Å². The molecule has 0 bridgehead atoms. The summed E-state index contributed by atoms with van der Waals surface area (Å²) in [5.74, 6) is -0.830. The molecule has 32 heavy (non-hydrogen) atoms. The quantitative estimate of drug-likeness (QED) is 0.575. The molecule has 0 atom stereocenters. The lowest BCUT2D eigenvalue weighted by atomic mass is 9.77. The van der Waals surface area contributed by atoms with E-state index in [1.54, 1.807) is 39.0 Å². The normalized spacial score (nSPS) is 17.8. The van der Waals surface area contributed by atoms with Crippen molar-refractivity contribution in [3.05, 3.63) is 34.3 Å². The number of ether oxygens (including phenoxy) is 2. The van der Waals surface area contributed by atoms with Crippen LogP contribution in [0.15, 0.2) is 23.7 Å². The minimum absolute atomic E-state index is 0.0761. The van der Waals surface area contributed by atoms with E-state index in [-0.39, 0.29) is 12.3 Å². The first-order chi connectivity index (χ1) is 14.6. The maximum absolute atomic E-state index is 12.2. The highest BCUT2D eigenvalue weighted by molar-refractivity contribution is 6.56. The van der Waals surface area contributed by atoms with Crippen molar-refractivity contribution in [2.24, 2.45) is 0 Å². The van der Waals surface area contributed by atoms with E-state index >= 15 is 0 Å². The highest BCUT2D eigenvalue weighted by atomic mass is 35.5. The Morgan fingerprint density at radius 1 is 1.19 bits per heavy atom. The minimum atomic E-state index is -1.11. The van der Waals surface area contributed by atoms with Crippen molar-refractivity contribution >= 4 is 36.9 Å². The molecule has 8 nitrogen and oxygen atoms in total. The topological polar surface area (TPSA) is 103 Å². The molecule has 0 aromatic heterocycles. The molecule has 0 spiro atoms. The summed E-state index contributed by atoms with van der Waals surface area (Å²) >= 11 is 6.06. The summed E-state index contributed by atoms with van der Waals surface area (Å²) in [7, 11) is -0.752. The monoisotopic (exact) mass is 467 g/mol. The molecule has 1 heterocycles. The number of alkyl carbamates (subject to hydrolysis) is 1. The lowest BCUT2D eigenvalue weighted by Crippen LogP contribution is -2.41. The van der Waals surface area contributed by atoms with Gasteiger partial charge in [-0.15, -0.1) is 0 Å². The maximum Gasteiger partial charge on any atom is 0.492 e. The fraction of sp³-hybridized carbons (Fsp3) is 0.545. The SMILES string of the molecule is CC(C)(C)OC(=O)NCC(=Cc1ccc(Cl)cc1OCC(=O)O)B1OC(C)(C)C(C)(C)O1. The molecule has 0 aliphatic carbocycles. The van der Waals surface area contributed by atoms with Crippen LogP contribution in [-0.4, -0.2) is 54.2 Å². The summed E-state index contributed by atoms with van der Waals surface area (Å²) < 4.78 is 23.0. The molecular weight excluding hydrogens is 437 g/mol. The molecule has 10 heteroatoms. The van der Waals surface area contributed by atoms with Gasteiger partial charge in [0.05, 0.1) is 11.2 Å². The number of aliphatic carboxylic acids is 1. The Morgan fingerprint density at radius 2 is 1.78 bits per heavy atom. The van der Waals surface area contributed by atoms with Gasteiger partial charge in [-0.3, -0.25) is 0 Å². The molecule has 1 aromatic rings. The van der Waals surface area contributed by atoms with E-state index < -0.39 is 42.6 Å². The van der Waals surface area contributed by atoms with Crippen LogP contribution in [0.4, 0.5) is 4.79 Å². The average molecular weight is 468 g/mol. The summed E-state index contributed by atoms with van der Waals surface area (Å²) in [6.45, 7) is 12.6. The van der Waals surface area contributed by atoms with Gasteiger partial charge in [0.15, 0.2) is 6.61 Å². The molecule has 1 aromatic carbocycles. The predicted molar refractivity (Wildman–Crippen MR) is 123 cm³/mol. The number of amides is 1. The van der Waals surface area contributed by atoms with E-state index in [0.717, 1.165) is 0 Å². The Kier molecular flexibility index (Phi) is 7.91. The van der Waals surface area contributed by atoms with Gasteiger partial charge in [0.2, 0.25) is 0 Å². The van der Waals surface area contributed by atoms with Crippen molar-refractivity contribution in [3.63, 3.8) is 0 Å². The van der Waals surface area contributed by atoms with Crippen molar-refractivity contribution in [2.45, 2.75) is 65.3 Å². The molecule has 0 unspecified atom stereocenters. The van der Waals surface area contributed by atoms with E-state index in [9.17, 15) is 9.59 Å². The Labute approximate surface area is 194 Å². The van der Waals surface area contributed by atoms with Crippen LogP contribution in [-0.2, 0) is 18.8 Å². The highest BCUT2D eigenvalue weighted by Crippen LogP contribution is 2.39.